The molecular weight excluding hydrogens is 430 g/mol. The highest BCUT2D eigenvalue weighted by Crippen LogP contribution is 2.26. The average molecular weight is 450 g/mol. The Morgan fingerprint density at radius 2 is 2.00 bits per heavy atom. The molecule has 0 spiro atoms. The number of anilines is 1. The number of hydrogen-bond acceptors (Lipinski definition) is 7. The van der Waals surface area contributed by atoms with Crippen LogP contribution >= 0.6 is 11.6 Å². The van der Waals surface area contributed by atoms with Gasteiger partial charge in [-0.2, -0.15) is 0 Å². The summed E-state index contributed by atoms with van der Waals surface area (Å²) in [4.78, 5) is 16.7. The van der Waals surface area contributed by atoms with Crippen molar-refractivity contribution < 1.29 is 17.9 Å². The first-order valence-corrected chi connectivity index (χ1v) is 11.2. The Morgan fingerprint density at radius 1 is 1.27 bits per heavy atom. The van der Waals surface area contributed by atoms with Crippen LogP contribution in [0.5, 0.6) is 0 Å². The molecule has 3 aromatic rings. The molecule has 158 valence electrons. The summed E-state index contributed by atoms with van der Waals surface area (Å²) in [5.74, 6) is -0.468. The predicted octanol–water partition coefficient (Wildman–Crippen LogP) is 2.75. The van der Waals surface area contributed by atoms with E-state index in [4.69, 9.17) is 16.3 Å². The summed E-state index contributed by atoms with van der Waals surface area (Å²) in [6.45, 7) is 1.75. The van der Waals surface area contributed by atoms with E-state index in [0.717, 1.165) is 6.26 Å². The van der Waals surface area contributed by atoms with Crippen LogP contribution in [0.1, 0.15) is 24.3 Å². The molecular formula is C19H20ClN5O4S. The van der Waals surface area contributed by atoms with E-state index in [1.807, 2.05) is 6.07 Å². The second-order valence-corrected chi connectivity index (χ2v) is 8.80. The molecule has 0 aliphatic carbocycles. The van der Waals surface area contributed by atoms with Crippen LogP contribution in [-0.2, 0) is 33.0 Å². The number of aryl methyl sites for hydroxylation is 1. The van der Waals surface area contributed by atoms with Gasteiger partial charge in [0.25, 0.3) is 0 Å². The minimum Gasteiger partial charge on any atom is -0.457 e. The summed E-state index contributed by atoms with van der Waals surface area (Å²) in [6.07, 6.45) is 1.83. The van der Waals surface area contributed by atoms with Crippen molar-refractivity contribution in [1.82, 2.24) is 20.0 Å². The molecule has 11 heteroatoms. The minimum atomic E-state index is -3.40. The van der Waals surface area contributed by atoms with Crippen LogP contribution in [0.4, 0.5) is 5.69 Å². The van der Waals surface area contributed by atoms with Gasteiger partial charge in [-0.05, 0) is 25.1 Å². The van der Waals surface area contributed by atoms with Gasteiger partial charge in [-0.25, -0.2) is 8.42 Å². The fourth-order valence-corrected chi connectivity index (χ4v) is 3.66. The zero-order valence-corrected chi connectivity index (χ0v) is 18.1. The van der Waals surface area contributed by atoms with Gasteiger partial charge in [0.2, 0.25) is 10.0 Å². The molecule has 0 amide bonds. The summed E-state index contributed by atoms with van der Waals surface area (Å²) in [5.41, 5.74) is 2.41. The number of carbonyl (C=O) groups is 1. The van der Waals surface area contributed by atoms with Gasteiger partial charge < -0.3 is 4.74 Å². The van der Waals surface area contributed by atoms with Crippen molar-refractivity contribution in [3.05, 3.63) is 58.9 Å². The number of nitrogens with zero attached hydrogens (tertiary/aromatic N) is 4. The maximum atomic E-state index is 12.5. The Morgan fingerprint density at radius 3 is 2.63 bits per heavy atom. The number of ether oxygens (including phenoxy) is 1. The van der Waals surface area contributed by atoms with E-state index in [2.05, 4.69) is 20.0 Å². The van der Waals surface area contributed by atoms with Crippen molar-refractivity contribution in [2.45, 2.75) is 19.4 Å². The van der Waals surface area contributed by atoms with Crippen LogP contribution in [0.25, 0.3) is 11.4 Å². The molecule has 0 bridgehead atoms. The number of carbonyl (C=O) groups excluding carboxylic acids is 1. The van der Waals surface area contributed by atoms with E-state index in [-0.39, 0.29) is 6.42 Å². The van der Waals surface area contributed by atoms with Gasteiger partial charge in [0.15, 0.2) is 0 Å². The lowest BCUT2D eigenvalue weighted by atomic mass is 10.1. The molecule has 0 fully saturated rings. The summed E-state index contributed by atoms with van der Waals surface area (Å²) in [5, 5.41) is 8.56. The highest BCUT2D eigenvalue weighted by molar-refractivity contribution is 7.92. The third-order valence-corrected chi connectivity index (χ3v) is 5.17. The van der Waals surface area contributed by atoms with Gasteiger partial charge in [-0.15, -0.1) is 5.10 Å². The van der Waals surface area contributed by atoms with Gasteiger partial charge in [-0.1, -0.05) is 35.0 Å². The minimum absolute atomic E-state index is 0.0708. The molecule has 1 N–H and O–H groups in total. The van der Waals surface area contributed by atoms with E-state index in [1.165, 1.54) is 10.9 Å². The summed E-state index contributed by atoms with van der Waals surface area (Å²) < 4.78 is 32.0. The van der Waals surface area contributed by atoms with E-state index >= 15 is 0 Å². The number of benzene rings is 1. The first kappa shape index (κ1) is 21.7. The summed E-state index contributed by atoms with van der Waals surface area (Å²) in [7, 11) is -1.74. The number of rotatable bonds is 7. The van der Waals surface area contributed by atoms with Gasteiger partial charge in [-0.3, -0.25) is 19.2 Å². The summed E-state index contributed by atoms with van der Waals surface area (Å²) in [6, 6.07) is 10.3. The van der Waals surface area contributed by atoms with Crippen molar-refractivity contribution in [3.63, 3.8) is 0 Å². The van der Waals surface area contributed by atoms with Crippen LogP contribution in [0.3, 0.4) is 0 Å². The van der Waals surface area contributed by atoms with Crippen molar-refractivity contribution in [2.75, 3.05) is 11.0 Å². The zero-order valence-electron chi connectivity index (χ0n) is 16.5. The standard InChI is InChI=1S/C19H20ClN5O4S/c1-12(14-6-4-5-7-15(14)20)29-18(26)10-17-19(22-24-25(17)2)16-9-8-13(11-21-16)23-30(3,27)28/h4-9,11-12,23H,10H2,1-3H3/t12-/m1/s1. The number of pyridine rings is 1. The first-order valence-electron chi connectivity index (χ1n) is 8.90. The first-order chi connectivity index (χ1) is 14.1. The highest BCUT2D eigenvalue weighted by Gasteiger charge is 2.21. The topological polar surface area (TPSA) is 116 Å². The van der Waals surface area contributed by atoms with E-state index in [0.29, 0.717) is 33.4 Å². The second kappa shape index (κ2) is 8.80. The molecule has 1 atom stereocenters. The molecule has 0 aliphatic rings. The molecule has 3 rings (SSSR count). The highest BCUT2D eigenvalue weighted by atomic mass is 35.5. The molecule has 2 heterocycles. The van der Waals surface area contributed by atoms with Crippen molar-refractivity contribution in [2.24, 2.45) is 7.05 Å². The largest absolute Gasteiger partial charge is 0.457 e. The molecule has 1 aromatic carbocycles. The third-order valence-electron chi connectivity index (χ3n) is 4.22. The zero-order chi connectivity index (χ0) is 21.9. The van der Waals surface area contributed by atoms with Crippen molar-refractivity contribution >= 4 is 33.3 Å². The van der Waals surface area contributed by atoms with E-state index in [1.54, 1.807) is 44.3 Å². The monoisotopic (exact) mass is 449 g/mol. The SMILES string of the molecule is C[C@@H](OC(=O)Cc1c(-c2ccc(NS(C)(=O)=O)cn2)nnn1C)c1ccccc1Cl. The molecule has 0 radical (unpaired) electrons. The molecule has 2 aromatic heterocycles. The maximum absolute atomic E-state index is 12.5. The van der Waals surface area contributed by atoms with Crippen molar-refractivity contribution in [1.29, 1.82) is 0 Å². The van der Waals surface area contributed by atoms with Gasteiger partial charge >= 0.3 is 5.97 Å². The molecule has 0 unspecified atom stereocenters. The van der Waals surface area contributed by atoms with Crippen LogP contribution in [0.2, 0.25) is 5.02 Å². The fraction of sp³-hybridized carbons (Fsp3) is 0.263. The molecule has 0 saturated carbocycles. The Labute approximate surface area is 179 Å². The predicted molar refractivity (Wildman–Crippen MR) is 112 cm³/mol. The Bertz CT molecular complexity index is 1160. The smallest absolute Gasteiger partial charge is 0.312 e. The fourth-order valence-electron chi connectivity index (χ4n) is 2.83. The van der Waals surface area contributed by atoms with Crippen molar-refractivity contribution in [3.8, 4) is 11.4 Å². The molecule has 30 heavy (non-hydrogen) atoms. The number of hydrogen-bond donors (Lipinski definition) is 1. The number of sulfonamides is 1. The number of nitrogens with one attached hydrogen (secondary N) is 1. The second-order valence-electron chi connectivity index (χ2n) is 6.65. The van der Waals surface area contributed by atoms with Gasteiger partial charge in [0, 0.05) is 17.6 Å². The lowest BCUT2D eigenvalue weighted by molar-refractivity contribution is -0.147. The molecule has 9 nitrogen and oxygen atoms in total. The van der Waals surface area contributed by atoms with Gasteiger partial charge in [0.05, 0.1) is 35.9 Å². The lowest BCUT2D eigenvalue weighted by Gasteiger charge is -2.15. The third kappa shape index (κ3) is 5.33. The molecule has 0 saturated heterocycles. The van der Waals surface area contributed by atoms with E-state index in [9.17, 15) is 13.2 Å². The quantitative estimate of drug-likeness (QED) is 0.551. The summed E-state index contributed by atoms with van der Waals surface area (Å²) >= 11 is 6.16. The Balaban J connectivity index is 1.76. The number of esters is 1. The maximum Gasteiger partial charge on any atom is 0.312 e. The van der Waals surface area contributed by atoms with Crippen LogP contribution in [0.15, 0.2) is 42.6 Å². The number of halogens is 1. The Hall–Kier alpha value is -2.98. The normalized spacial score (nSPS) is 12.4. The van der Waals surface area contributed by atoms with Crippen LogP contribution in [0, 0.1) is 0 Å². The average Bonchev–Trinajstić information content (AvgIpc) is 3.02. The Kier molecular flexibility index (Phi) is 6.37. The van der Waals surface area contributed by atoms with E-state index < -0.39 is 22.1 Å². The lowest BCUT2D eigenvalue weighted by Crippen LogP contribution is -2.14. The van der Waals surface area contributed by atoms with Crippen LogP contribution in [-0.4, -0.2) is 40.6 Å². The molecule has 0 aliphatic heterocycles. The van der Waals surface area contributed by atoms with Gasteiger partial charge in [0.1, 0.15) is 11.8 Å². The van der Waals surface area contributed by atoms with Crippen LogP contribution < -0.4 is 4.72 Å². The number of aromatic nitrogens is 4.